The van der Waals surface area contributed by atoms with E-state index < -0.39 is 5.97 Å². The first-order chi connectivity index (χ1) is 8.04. The summed E-state index contributed by atoms with van der Waals surface area (Å²) >= 11 is 0. The van der Waals surface area contributed by atoms with E-state index in [9.17, 15) is 4.79 Å². The Hall–Kier alpha value is -1.31. The van der Waals surface area contributed by atoms with Crippen LogP contribution in [0.25, 0.3) is 0 Å². The maximum Gasteiger partial charge on any atom is 0.303 e. The van der Waals surface area contributed by atoms with Gasteiger partial charge in [-0.3, -0.25) is 4.79 Å². The van der Waals surface area contributed by atoms with Crippen molar-refractivity contribution in [2.24, 2.45) is 0 Å². The van der Waals surface area contributed by atoms with Gasteiger partial charge in [-0.2, -0.15) is 0 Å². The second kappa shape index (κ2) is 6.43. The van der Waals surface area contributed by atoms with E-state index in [2.05, 4.69) is 45.0 Å². The number of aliphatic carboxylic acids is 1. The molecule has 0 heterocycles. The number of carboxylic acids is 1. The number of carbonyl (C=O) groups is 1. The van der Waals surface area contributed by atoms with Crippen molar-refractivity contribution in [2.45, 2.75) is 51.9 Å². The topological polar surface area (TPSA) is 37.3 Å². The summed E-state index contributed by atoms with van der Waals surface area (Å²) in [5.41, 5.74) is 2.46. The van der Waals surface area contributed by atoms with Gasteiger partial charge in [0.25, 0.3) is 0 Å². The number of hydrogen-bond donors (Lipinski definition) is 1. The second-order valence-corrected chi connectivity index (χ2v) is 4.90. The number of hydrogen-bond acceptors (Lipinski definition) is 1. The molecule has 1 aromatic carbocycles. The molecule has 94 valence electrons. The predicted molar refractivity (Wildman–Crippen MR) is 70.4 cm³/mol. The Balaban J connectivity index is 2.83. The second-order valence-electron chi connectivity index (χ2n) is 4.90. The van der Waals surface area contributed by atoms with E-state index in [1.54, 1.807) is 0 Å². The lowest BCUT2D eigenvalue weighted by Crippen LogP contribution is -2.06. The summed E-state index contributed by atoms with van der Waals surface area (Å²) in [6.07, 6.45) is 2.19. The highest BCUT2D eigenvalue weighted by Crippen LogP contribution is 2.26. The van der Waals surface area contributed by atoms with Gasteiger partial charge < -0.3 is 5.11 Å². The van der Waals surface area contributed by atoms with E-state index in [1.807, 2.05) is 0 Å². The highest BCUT2D eigenvalue weighted by molar-refractivity contribution is 5.68. The van der Waals surface area contributed by atoms with E-state index in [0.717, 1.165) is 18.4 Å². The molecule has 2 nitrogen and oxygen atoms in total. The summed E-state index contributed by atoms with van der Waals surface area (Å²) in [7, 11) is 0. The Bertz CT molecular complexity index is 352. The smallest absolute Gasteiger partial charge is 0.303 e. The van der Waals surface area contributed by atoms with Crippen LogP contribution in [0, 0.1) is 0 Å². The Labute approximate surface area is 104 Å². The molecule has 0 saturated heterocycles. The summed E-state index contributed by atoms with van der Waals surface area (Å²) in [4.78, 5) is 10.8. The van der Waals surface area contributed by atoms with Crippen LogP contribution in [-0.4, -0.2) is 11.1 Å². The van der Waals surface area contributed by atoms with Crippen LogP contribution in [0.1, 0.15) is 63.0 Å². The molecule has 0 amide bonds. The maximum absolute atomic E-state index is 10.8. The zero-order chi connectivity index (χ0) is 12.8. The van der Waals surface area contributed by atoms with Crippen molar-refractivity contribution in [3.63, 3.8) is 0 Å². The SMILES string of the molecule is CCCC(CC(=O)O)c1ccc(C(C)C)cc1. The van der Waals surface area contributed by atoms with Gasteiger partial charge in [0, 0.05) is 0 Å². The van der Waals surface area contributed by atoms with Crippen molar-refractivity contribution in [1.82, 2.24) is 0 Å². The van der Waals surface area contributed by atoms with E-state index in [0.29, 0.717) is 5.92 Å². The molecule has 0 aliphatic carbocycles. The zero-order valence-corrected chi connectivity index (χ0v) is 10.9. The zero-order valence-electron chi connectivity index (χ0n) is 10.9. The van der Waals surface area contributed by atoms with Gasteiger partial charge in [-0.05, 0) is 29.4 Å². The van der Waals surface area contributed by atoms with Crippen LogP contribution >= 0.6 is 0 Å². The molecule has 0 saturated carbocycles. The molecule has 0 radical (unpaired) electrons. The van der Waals surface area contributed by atoms with E-state index in [-0.39, 0.29) is 12.3 Å². The molecule has 1 rings (SSSR count). The average molecular weight is 234 g/mol. The molecule has 0 aliphatic rings. The first-order valence-corrected chi connectivity index (χ1v) is 6.36. The monoisotopic (exact) mass is 234 g/mol. The summed E-state index contributed by atoms with van der Waals surface area (Å²) in [6.45, 7) is 6.42. The van der Waals surface area contributed by atoms with Crippen molar-refractivity contribution in [3.8, 4) is 0 Å². The number of rotatable bonds is 6. The van der Waals surface area contributed by atoms with Gasteiger partial charge in [-0.25, -0.2) is 0 Å². The third-order valence-corrected chi connectivity index (χ3v) is 3.13. The third kappa shape index (κ3) is 4.22. The molecule has 1 atom stereocenters. The largest absolute Gasteiger partial charge is 0.481 e. The number of carboxylic acid groups (broad SMARTS) is 1. The summed E-state index contributed by atoms with van der Waals surface area (Å²) < 4.78 is 0. The minimum absolute atomic E-state index is 0.152. The van der Waals surface area contributed by atoms with Crippen LogP contribution in [0.15, 0.2) is 24.3 Å². The molecule has 0 fully saturated rings. The first kappa shape index (κ1) is 13.8. The fourth-order valence-electron chi connectivity index (χ4n) is 2.10. The maximum atomic E-state index is 10.8. The van der Waals surface area contributed by atoms with Crippen LogP contribution in [0.2, 0.25) is 0 Å². The molecule has 0 bridgehead atoms. The Morgan fingerprint density at radius 3 is 2.12 bits per heavy atom. The van der Waals surface area contributed by atoms with Crippen LogP contribution in [0.3, 0.4) is 0 Å². The van der Waals surface area contributed by atoms with Gasteiger partial charge in [0.2, 0.25) is 0 Å². The quantitative estimate of drug-likeness (QED) is 0.802. The first-order valence-electron chi connectivity index (χ1n) is 6.36. The molecule has 1 aromatic rings. The molecule has 17 heavy (non-hydrogen) atoms. The van der Waals surface area contributed by atoms with Crippen LogP contribution in [0.5, 0.6) is 0 Å². The Morgan fingerprint density at radius 1 is 1.18 bits per heavy atom. The van der Waals surface area contributed by atoms with Crippen molar-refractivity contribution in [1.29, 1.82) is 0 Å². The van der Waals surface area contributed by atoms with E-state index >= 15 is 0 Å². The van der Waals surface area contributed by atoms with Crippen LogP contribution in [-0.2, 0) is 4.79 Å². The highest BCUT2D eigenvalue weighted by atomic mass is 16.4. The van der Waals surface area contributed by atoms with Crippen LogP contribution < -0.4 is 0 Å². The van der Waals surface area contributed by atoms with E-state index in [1.165, 1.54) is 5.56 Å². The standard InChI is InChI=1S/C15H22O2/c1-4-5-14(10-15(16)17)13-8-6-12(7-9-13)11(2)3/h6-9,11,14H,4-5,10H2,1-3H3,(H,16,17). The minimum atomic E-state index is -0.712. The summed E-state index contributed by atoms with van der Waals surface area (Å²) in [5, 5.41) is 8.91. The highest BCUT2D eigenvalue weighted by Gasteiger charge is 2.14. The lowest BCUT2D eigenvalue weighted by molar-refractivity contribution is -0.137. The van der Waals surface area contributed by atoms with Gasteiger partial charge in [0.05, 0.1) is 6.42 Å². The summed E-state index contributed by atoms with van der Waals surface area (Å²) in [6, 6.07) is 8.40. The van der Waals surface area contributed by atoms with Gasteiger partial charge in [-0.1, -0.05) is 51.5 Å². The number of benzene rings is 1. The molecule has 1 unspecified atom stereocenters. The third-order valence-electron chi connectivity index (χ3n) is 3.13. The van der Waals surface area contributed by atoms with Crippen LogP contribution in [0.4, 0.5) is 0 Å². The normalized spacial score (nSPS) is 12.7. The van der Waals surface area contributed by atoms with Gasteiger partial charge in [0.15, 0.2) is 0 Å². The Kier molecular flexibility index (Phi) is 5.20. The molecule has 0 aromatic heterocycles. The molecule has 1 N–H and O–H groups in total. The lowest BCUT2D eigenvalue weighted by Gasteiger charge is -2.15. The van der Waals surface area contributed by atoms with Crippen molar-refractivity contribution in [3.05, 3.63) is 35.4 Å². The molecule has 2 heteroatoms. The van der Waals surface area contributed by atoms with Crippen molar-refractivity contribution in [2.75, 3.05) is 0 Å². The molecular formula is C15H22O2. The molecule has 0 aliphatic heterocycles. The average Bonchev–Trinajstić information content (AvgIpc) is 2.28. The fourth-order valence-corrected chi connectivity index (χ4v) is 2.10. The fraction of sp³-hybridized carbons (Fsp3) is 0.533. The van der Waals surface area contributed by atoms with Gasteiger partial charge in [0.1, 0.15) is 0 Å². The lowest BCUT2D eigenvalue weighted by atomic mass is 9.90. The van der Waals surface area contributed by atoms with Gasteiger partial charge in [-0.15, -0.1) is 0 Å². The summed E-state index contributed by atoms with van der Waals surface area (Å²) in [5.74, 6) is -0.0387. The molecular weight excluding hydrogens is 212 g/mol. The van der Waals surface area contributed by atoms with Gasteiger partial charge >= 0.3 is 5.97 Å². The minimum Gasteiger partial charge on any atom is -0.481 e. The van der Waals surface area contributed by atoms with Crippen molar-refractivity contribution >= 4 is 5.97 Å². The Morgan fingerprint density at radius 2 is 1.71 bits per heavy atom. The van der Waals surface area contributed by atoms with Crippen molar-refractivity contribution < 1.29 is 9.90 Å². The predicted octanol–water partition coefficient (Wildman–Crippen LogP) is 4.17. The molecule has 0 spiro atoms. The van der Waals surface area contributed by atoms with E-state index in [4.69, 9.17) is 5.11 Å².